The predicted octanol–water partition coefficient (Wildman–Crippen LogP) is 3.42. The molecule has 1 unspecified atom stereocenters. The lowest BCUT2D eigenvalue weighted by atomic mass is 10.1. The summed E-state index contributed by atoms with van der Waals surface area (Å²) in [5.74, 6) is -0.468. The third-order valence-electron chi connectivity index (χ3n) is 5.96. The lowest BCUT2D eigenvalue weighted by molar-refractivity contribution is -0.137. The van der Waals surface area contributed by atoms with Crippen LogP contribution in [-0.4, -0.2) is 73.1 Å². The minimum Gasteiger partial charge on any atom is -0.325 e. The molecular formula is C20H28ClF3N4O3S. The summed E-state index contributed by atoms with van der Waals surface area (Å²) in [5.41, 5.74) is -1.02. The molecule has 7 nitrogen and oxygen atoms in total. The minimum atomic E-state index is -4.63. The van der Waals surface area contributed by atoms with Crippen LogP contribution in [0.2, 0.25) is 5.02 Å². The van der Waals surface area contributed by atoms with E-state index in [1.165, 1.54) is 10.4 Å². The summed E-state index contributed by atoms with van der Waals surface area (Å²) in [7, 11) is -3.53. The number of halogens is 4. The van der Waals surface area contributed by atoms with Gasteiger partial charge in [0.15, 0.2) is 0 Å². The Labute approximate surface area is 191 Å². The van der Waals surface area contributed by atoms with Gasteiger partial charge in [0, 0.05) is 45.0 Å². The van der Waals surface area contributed by atoms with Crippen LogP contribution in [0.25, 0.3) is 0 Å². The molecule has 1 aromatic carbocycles. The van der Waals surface area contributed by atoms with Gasteiger partial charge in [0.1, 0.15) is 0 Å². The van der Waals surface area contributed by atoms with E-state index in [0.717, 1.165) is 37.8 Å². The molecule has 0 saturated carbocycles. The molecule has 0 aliphatic carbocycles. The van der Waals surface area contributed by atoms with E-state index < -0.39 is 38.9 Å². The van der Waals surface area contributed by atoms with E-state index >= 15 is 0 Å². The van der Waals surface area contributed by atoms with Gasteiger partial charge in [0.2, 0.25) is 5.91 Å². The Morgan fingerprint density at radius 3 is 2.12 bits per heavy atom. The fourth-order valence-corrected chi connectivity index (χ4v) is 5.89. The fraction of sp³-hybridized carbons (Fsp3) is 0.650. The maximum Gasteiger partial charge on any atom is 0.417 e. The first-order valence-electron chi connectivity index (χ1n) is 10.7. The van der Waals surface area contributed by atoms with Gasteiger partial charge < -0.3 is 5.32 Å². The second-order valence-electron chi connectivity index (χ2n) is 8.11. The Kier molecular flexibility index (Phi) is 8.08. The molecule has 0 spiro atoms. The molecule has 1 atom stereocenters. The highest BCUT2D eigenvalue weighted by molar-refractivity contribution is 7.86. The zero-order valence-corrected chi connectivity index (χ0v) is 19.4. The highest BCUT2D eigenvalue weighted by atomic mass is 35.5. The van der Waals surface area contributed by atoms with E-state index in [2.05, 4.69) is 5.32 Å². The first-order chi connectivity index (χ1) is 15.0. The number of carbonyl (C=O) groups is 1. The van der Waals surface area contributed by atoms with Crippen molar-refractivity contribution >= 4 is 33.4 Å². The van der Waals surface area contributed by atoms with Crippen molar-refractivity contribution in [3.05, 3.63) is 28.8 Å². The average Bonchev–Trinajstić information content (AvgIpc) is 3.04. The van der Waals surface area contributed by atoms with Gasteiger partial charge in [0.25, 0.3) is 10.2 Å². The van der Waals surface area contributed by atoms with Gasteiger partial charge in [-0.1, -0.05) is 24.4 Å². The Hall–Kier alpha value is -1.40. The Morgan fingerprint density at radius 2 is 1.56 bits per heavy atom. The molecule has 1 N–H and O–H groups in total. The number of alkyl halides is 3. The molecule has 2 fully saturated rings. The van der Waals surface area contributed by atoms with Crippen molar-refractivity contribution < 1.29 is 26.4 Å². The van der Waals surface area contributed by atoms with Crippen LogP contribution < -0.4 is 5.32 Å². The smallest absolute Gasteiger partial charge is 0.325 e. The molecule has 12 heteroatoms. The Balaban J connectivity index is 1.58. The van der Waals surface area contributed by atoms with Crippen molar-refractivity contribution in [3.8, 4) is 0 Å². The van der Waals surface area contributed by atoms with Gasteiger partial charge in [-0.2, -0.15) is 30.2 Å². The van der Waals surface area contributed by atoms with Crippen LogP contribution in [0.4, 0.5) is 18.9 Å². The van der Waals surface area contributed by atoms with E-state index in [4.69, 9.17) is 11.6 Å². The van der Waals surface area contributed by atoms with Crippen LogP contribution in [0.1, 0.15) is 38.2 Å². The lowest BCUT2D eigenvalue weighted by Crippen LogP contribution is -2.56. The summed E-state index contributed by atoms with van der Waals surface area (Å²) in [4.78, 5) is 14.4. The number of carbonyl (C=O) groups excluding carboxylic acids is 1. The molecule has 3 rings (SSSR count). The van der Waals surface area contributed by atoms with Crippen LogP contribution >= 0.6 is 11.6 Å². The highest BCUT2D eigenvalue weighted by Gasteiger charge is 2.35. The van der Waals surface area contributed by atoms with E-state index in [9.17, 15) is 26.4 Å². The molecule has 0 bridgehead atoms. The van der Waals surface area contributed by atoms with Gasteiger partial charge >= 0.3 is 6.18 Å². The quantitative estimate of drug-likeness (QED) is 0.678. The van der Waals surface area contributed by atoms with Crippen molar-refractivity contribution in [1.29, 1.82) is 0 Å². The molecule has 2 aliphatic rings. The fourth-order valence-electron chi connectivity index (χ4n) is 3.99. The number of anilines is 1. The summed E-state index contributed by atoms with van der Waals surface area (Å²) in [5, 5.41) is 2.06. The zero-order valence-electron chi connectivity index (χ0n) is 17.9. The summed E-state index contributed by atoms with van der Waals surface area (Å²) in [6.07, 6.45) is -0.845. The van der Waals surface area contributed by atoms with Crippen molar-refractivity contribution in [3.63, 3.8) is 0 Å². The molecule has 1 aromatic rings. The number of benzene rings is 1. The predicted molar refractivity (Wildman–Crippen MR) is 117 cm³/mol. The zero-order chi connectivity index (χ0) is 23.5. The Morgan fingerprint density at radius 1 is 1.00 bits per heavy atom. The number of piperazine rings is 1. The standard InChI is InChI=1S/C20H28ClF3N4O3S/c1-15(19(29)25-16-6-7-18(21)17(14-16)20(22,23)24)26-10-12-28(13-11-26)32(30,31)27-8-4-2-3-5-9-27/h6-7,14-15H,2-5,8-13H2,1H3,(H,25,29). The van der Waals surface area contributed by atoms with Crippen molar-refractivity contribution in [1.82, 2.24) is 13.5 Å². The van der Waals surface area contributed by atoms with E-state index in [-0.39, 0.29) is 18.8 Å². The molecule has 2 heterocycles. The summed E-state index contributed by atoms with van der Waals surface area (Å²) in [6.45, 7) is 3.94. The maximum atomic E-state index is 13.0. The summed E-state index contributed by atoms with van der Waals surface area (Å²) >= 11 is 5.62. The molecule has 2 saturated heterocycles. The first kappa shape index (κ1) is 25.2. The molecular weight excluding hydrogens is 469 g/mol. The highest BCUT2D eigenvalue weighted by Crippen LogP contribution is 2.36. The van der Waals surface area contributed by atoms with E-state index in [0.29, 0.717) is 26.2 Å². The topological polar surface area (TPSA) is 73.0 Å². The summed E-state index contributed by atoms with van der Waals surface area (Å²) < 4.78 is 68.0. The second-order valence-corrected chi connectivity index (χ2v) is 10.4. The first-order valence-corrected chi connectivity index (χ1v) is 12.4. The largest absolute Gasteiger partial charge is 0.417 e. The van der Waals surface area contributed by atoms with Crippen LogP contribution in [0.5, 0.6) is 0 Å². The van der Waals surface area contributed by atoms with Gasteiger partial charge in [-0.25, -0.2) is 0 Å². The van der Waals surface area contributed by atoms with Gasteiger partial charge in [-0.05, 0) is 38.0 Å². The maximum absolute atomic E-state index is 13.0. The average molecular weight is 497 g/mol. The number of rotatable bonds is 5. The number of nitrogens with zero attached hydrogens (tertiary/aromatic N) is 3. The number of hydrogen-bond acceptors (Lipinski definition) is 4. The van der Waals surface area contributed by atoms with E-state index in [1.807, 2.05) is 4.90 Å². The molecule has 1 amide bonds. The molecule has 32 heavy (non-hydrogen) atoms. The van der Waals surface area contributed by atoms with Crippen molar-refractivity contribution in [2.24, 2.45) is 0 Å². The van der Waals surface area contributed by atoms with Crippen LogP contribution in [-0.2, 0) is 21.2 Å². The molecule has 0 radical (unpaired) electrons. The molecule has 2 aliphatic heterocycles. The third-order valence-corrected chi connectivity index (χ3v) is 8.32. The van der Waals surface area contributed by atoms with Crippen molar-refractivity contribution in [2.75, 3.05) is 44.6 Å². The monoisotopic (exact) mass is 496 g/mol. The second kappa shape index (κ2) is 10.3. The number of hydrogen-bond donors (Lipinski definition) is 1. The van der Waals surface area contributed by atoms with Gasteiger partial charge in [-0.15, -0.1) is 0 Å². The van der Waals surface area contributed by atoms with Gasteiger partial charge in [0.05, 0.1) is 16.6 Å². The minimum absolute atomic E-state index is 0.000882. The SMILES string of the molecule is CC(C(=O)Nc1ccc(Cl)c(C(F)(F)F)c1)N1CCN(S(=O)(=O)N2CCCCCC2)CC1. The van der Waals surface area contributed by atoms with Crippen molar-refractivity contribution in [2.45, 2.75) is 44.8 Å². The number of amides is 1. The third kappa shape index (κ3) is 5.93. The normalized spacial score (nSPS) is 21.2. The van der Waals surface area contributed by atoms with Crippen LogP contribution in [0, 0.1) is 0 Å². The van der Waals surface area contributed by atoms with E-state index in [1.54, 1.807) is 11.2 Å². The van der Waals surface area contributed by atoms with Gasteiger partial charge in [-0.3, -0.25) is 9.69 Å². The van der Waals surface area contributed by atoms with Crippen LogP contribution in [0.3, 0.4) is 0 Å². The summed E-state index contributed by atoms with van der Waals surface area (Å²) in [6, 6.07) is 2.58. The molecule has 180 valence electrons. The van der Waals surface area contributed by atoms with Crippen LogP contribution in [0.15, 0.2) is 18.2 Å². The lowest BCUT2D eigenvalue weighted by Gasteiger charge is -2.38. The number of nitrogens with one attached hydrogen (secondary N) is 1. The molecule has 0 aromatic heterocycles. The Bertz CT molecular complexity index is 913.